The molecule has 1 aromatic carbocycles. The summed E-state index contributed by atoms with van der Waals surface area (Å²) in [5.41, 5.74) is 0.437. The molecule has 2 aromatic rings. The van der Waals surface area contributed by atoms with Gasteiger partial charge in [-0.25, -0.2) is 9.07 Å². The number of fused-ring (bicyclic) bond motifs is 1. The topological polar surface area (TPSA) is 36.3 Å². The van der Waals surface area contributed by atoms with Gasteiger partial charge in [0.2, 0.25) is 0 Å². The second-order valence-corrected chi connectivity index (χ2v) is 12.8. The van der Waals surface area contributed by atoms with Gasteiger partial charge < -0.3 is 9.47 Å². The summed E-state index contributed by atoms with van der Waals surface area (Å²) in [5, 5.41) is 5.06. The lowest BCUT2D eigenvalue weighted by Crippen LogP contribution is -2.22. The molecule has 7 heteroatoms. The highest BCUT2D eigenvalue weighted by Gasteiger charge is 2.18. The molecule has 0 spiro atoms. The normalized spacial score (nSPS) is 12.1. The average Bonchev–Trinajstić information content (AvgIpc) is 2.73. The summed E-state index contributed by atoms with van der Waals surface area (Å²) in [5.74, 6) is 0.319. The monoisotopic (exact) mass is 422 g/mol. The van der Waals surface area contributed by atoms with E-state index in [0.29, 0.717) is 27.0 Å². The van der Waals surface area contributed by atoms with E-state index >= 15 is 0 Å². The Morgan fingerprint density at radius 1 is 1.33 bits per heavy atom. The first-order chi connectivity index (χ1) is 9.83. The van der Waals surface area contributed by atoms with Crippen molar-refractivity contribution in [3.8, 4) is 5.75 Å². The van der Waals surface area contributed by atoms with Gasteiger partial charge >= 0.3 is 0 Å². The lowest BCUT2D eigenvalue weighted by molar-refractivity contribution is 0.0810. The second kappa shape index (κ2) is 6.61. The third-order valence-corrected chi connectivity index (χ3v) is 5.65. The maximum atomic E-state index is 14.1. The molecular weight excluding hydrogens is 402 g/mol. The van der Waals surface area contributed by atoms with Crippen molar-refractivity contribution in [2.75, 3.05) is 13.7 Å². The summed E-state index contributed by atoms with van der Waals surface area (Å²) in [6, 6.07) is 4.10. The molecule has 116 valence electrons. The summed E-state index contributed by atoms with van der Waals surface area (Å²) in [6.07, 6.45) is 0. The number of hydrogen-bond acceptors (Lipinski definition) is 3. The Bertz CT molecular complexity index is 640. The SMILES string of the molecule is COc1ccc(F)c2c1c(I)nn2COCC[Si](C)(C)C. The fourth-order valence-corrected chi connectivity index (χ4v) is 3.54. The van der Waals surface area contributed by atoms with E-state index in [1.165, 1.54) is 6.07 Å². The van der Waals surface area contributed by atoms with Crippen molar-refractivity contribution in [3.63, 3.8) is 0 Å². The van der Waals surface area contributed by atoms with Crippen LogP contribution in [0.25, 0.3) is 10.9 Å². The maximum absolute atomic E-state index is 14.1. The van der Waals surface area contributed by atoms with Crippen molar-refractivity contribution < 1.29 is 13.9 Å². The summed E-state index contributed by atoms with van der Waals surface area (Å²) >= 11 is 2.09. The van der Waals surface area contributed by atoms with E-state index in [-0.39, 0.29) is 12.5 Å². The number of aromatic nitrogens is 2. The molecule has 0 fully saturated rings. The van der Waals surface area contributed by atoms with Crippen LogP contribution in [-0.4, -0.2) is 31.6 Å². The van der Waals surface area contributed by atoms with Crippen molar-refractivity contribution in [1.29, 1.82) is 0 Å². The zero-order chi connectivity index (χ0) is 15.6. The maximum Gasteiger partial charge on any atom is 0.149 e. The predicted molar refractivity (Wildman–Crippen MR) is 93.1 cm³/mol. The molecule has 0 aliphatic carbocycles. The molecule has 0 amide bonds. The van der Waals surface area contributed by atoms with Gasteiger partial charge in [-0.05, 0) is 40.8 Å². The van der Waals surface area contributed by atoms with E-state index in [2.05, 4.69) is 47.3 Å². The van der Waals surface area contributed by atoms with Crippen LogP contribution >= 0.6 is 22.6 Å². The minimum absolute atomic E-state index is 0.258. The number of ether oxygens (including phenoxy) is 2. The lowest BCUT2D eigenvalue weighted by atomic mass is 10.2. The Kier molecular flexibility index (Phi) is 5.26. The zero-order valence-corrected chi connectivity index (χ0v) is 15.9. The lowest BCUT2D eigenvalue weighted by Gasteiger charge is -2.15. The number of hydrogen-bond donors (Lipinski definition) is 0. The highest BCUT2D eigenvalue weighted by molar-refractivity contribution is 14.1. The Hall–Kier alpha value is -0.673. The third kappa shape index (κ3) is 3.95. The smallest absolute Gasteiger partial charge is 0.149 e. The highest BCUT2D eigenvalue weighted by atomic mass is 127. The standard InChI is InChI=1S/C14H20FIN2O2Si/c1-19-11-6-5-10(15)13-12(11)14(16)17-18(13)9-20-7-8-21(2,3)4/h5-6H,7-9H2,1-4H3. The number of halogens is 2. The fraction of sp³-hybridized carbons (Fsp3) is 0.500. The van der Waals surface area contributed by atoms with Gasteiger partial charge in [-0.3, -0.25) is 0 Å². The van der Waals surface area contributed by atoms with Crippen LogP contribution in [0.15, 0.2) is 12.1 Å². The second-order valence-electron chi connectivity index (χ2n) is 6.11. The van der Waals surface area contributed by atoms with Crippen molar-refractivity contribution >= 4 is 41.6 Å². The van der Waals surface area contributed by atoms with Gasteiger partial charge in [-0.2, -0.15) is 5.10 Å². The van der Waals surface area contributed by atoms with Crippen molar-refractivity contribution in [1.82, 2.24) is 9.78 Å². The summed E-state index contributed by atoms with van der Waals surface area (Å²) in [4.78, 5) is 0. The minimum Gasteiger partial charge on any atom is -0.496 e. The van der Waals surface area contributed by atoms with E-state index in [1.54, 1.807) is 17.9 Å². The summed E-state index contributed by atoms with van der Waals surface area (Å²) in [6.45, 7) is 7.83. The van der Waals surface area contributed by atoms with Crippen LogP contribution < -0.4 is 4.74 Å². The van der Waals surface area contributed by atoms with Gasteiger partial charge in [0.25, 0.3) is 0 Å². The first-order valence-corrected chi connectivity index (χ1v) is 11.6. The van der Waals surface area contributed by atoms with Gasteiger partial charge in [-0.15, -0.1) is 0 Å². The fourth-order valence-electron chi connectivity index (χ4n) is 2.00. The van der Waals surface area contributed by atoms with Crippen molar-refractivity contribution in [2.24, 2.45) is 0 Å². The quantitative estimate of drug-likeness (QED) is 0.400. The van der Waals surface area contributed by atoms with Crippen LogP contribution in [-0.2, 0) is 11.5 Å². The van der Waals surface area contributed by atoms with Crippen LogP contribution in [0.5, 0.6) is 5.75 Å². The molecule has 0 atom stereocenters. The van der Waals surface area contributed by atoms with Crippen molar-refractivity contribution in [3.05, 3.63) is 21.7 Å². The van der Waals surface area contributed by atoms with Crippen LogP contribution in [0, 0.1) is 9.52 Å². The van der Waals surface area contributed by atoms with Crippen LogP contribution in [0.2, 0.25) is 25.7 Å². The van der Waals surface area contributed by atoms with Crippen LogP contribution in [0.4, 0.5) is 4.39 Å². The highest BCUT2D eigenvalue weighted by Crippen LogP contribution is 2.31. The van der Waals surface area contributed by atoms with Gasteiger partial charge in [0, 0.05) is 14.7 Å². The number of methoxy groups -OCH3 is 1. The predicted octanol–water partition coefficient (Wildman–Crippen LogP) is 4.10. The number of nitrogens with zero attached hydrogens (tertiary/aromatic N) is 2. The average molecular weight is 422 g/mol. The molecule has 0 unspecified atom stereocenters. The Morgan fingerprint density at radius 2 is 2.05 bits per heavy atom. The molecule has 0 saturated carbocycles. The van der Waals surface area contributed by atoms with E-state index in [9.17, 15) is 4.39 Å². The van der Waals surface area contributed by atoms with Gasteiger partial charge in [0.05, 0.1) is 12.5 Å². The molecule has 2 rings (SSSR count). The Labute approximate surface area is 138 Å². The summed E-state index contributed by atoms with van der Waals surface area (Å²) < 4.78 is 27.3. The third-order valence-electron chi connectivity index (χ3n) is 3.19. The van der Waals surface area contributed by atoms with Gasteiger partial charge in [-0.1, -0.05) is 19.6 Å². The molecule has 0 radical (unpaired) electrons. The zero-order valence-electron chi connectivity index (χ0n) is 12.7. The van der Waals surface area contributed by atoms with Gasteiger partial charge in [0.1, 0.15) is 27.5 Å². The van der Waals surface area contributed by atoms with Crippen molar-refractivity contribution in [2.45, 2.75) is 32.4 Å². The Balaban J connectivity index is 2.21. The van der Waals surface area contributed by atoms with E-state index in [4.69, 9.17) is 9.47 Å². The number of benzene rings is 1. The molecule has 0 saturated heterocycles. The largest absolute Gasteiger partial charge is 0.496 e. The number of rotatable bonds is 6. The molecule has 0 N–H and O–H groups in total. The van der Waals surface area contributed by atoms with Crippen LogP contribution in [0.3, 0.4) is 0 Å². The Morgan fingerprint density at radius 3 is 2.67 bits per heavy atom. The van der Waals surface area contributed by atoms with E-state index < -0.39 is 8.07 Å². The first-order valence-electron chi connectivity index (χ1n) is 6.80. The summed E-state index contributed by atoms with van der Waals surface area (Å²) in [7, 11) is 0.454. The molecule has 1 aromatic heterocycles. The van der Waals surface area contributed by atoms with Gasteiger partial charge in [0.15, 0.2) is 0 Å². The molecule has 21 heavy (non-hydrogen) atoms. The minimum atomic E-state index is -1.12. The molecule has 4 nitrogen and oxygen atoms in total. The molecular formula is C14H20FIN2O2Si. The molecule has 0 aliphatic rings. The first kappa shape index (κ1) is 16.7. The van der Waals surface area contributed by atoms with Crippen LogP contribution in [0.1, 0.15) is 0 Å². The molecule has 1 heterocycles. The van der Waals surface area contributed by atoms with E-state index in [0.717, 1.165) is 6.04 Å². The van der Waals surface area contributed by atoms with E-state index in [1.807, 2.05) is 0 Å². The molecule has 0 aliphatic heterocycles. The molecule has 0 bridgehead atoms.